The summed E-state index contributed by atoms with van der Waals surface area (Å²) in [7, 11) is 0. The van der Waals surface area contributed by atoms with Crippen LogP contribution in [0.15, 0.2) is 36.5 Å². The average molecular weight is 292 g/mol. The van der Waals surface area contributed by atoms with E-state index in [4.69, 9.17) is 28.5 Å². The summed E-state index contributed by atoms with van der Waals surface area (Å²) < 4.78 is 0. The number of nitrogens with zero attached hydrogens (tertiary/aromatic N) is 2. The quantitative estimate of drug-likeness (QED) is 0.910. The number of anilines is 1. The van der Waals surface area contributed by atoms with E-state index in [-0.39, 0.29) is 6.04 Å². The van der Waals surface area contributed by atoms with Gasteiger partial charge in [-0.15, -0.1) is 0 Å². The molecule has 1 N–H and O–H groups in total. The maximum Gasteiger partial charge on any atom is 0.146 e. The van der Waals surface area contributed by atoms with Crippen molar-refractivity contribution >= 4 is 29.0 Å². The number of rotatable bonds is 3. The van der Waals surface area contributed by atoms with Crippen LogP contribution < -0.4 is 5.32 Å². The Hall–Kier alpha value is -1.76. The summed E-state index contributed by atoms with van der Waals surface area (Å²) >= 11 is 12.1. The highest BCUT2D eigenvalue weighted by Gasteiger charge is 2.11. The van der Waals surface area contributed by atoms with Gasteiger partial charge in [-0.25, -0.2) is 4.98 Å². The van der Waals surface area contributed by atoms with Crippen molar-refractivity contribution in [1.82, 2.24) is 4.98 Å². The average Bonchev–Trinajstić information content (AvgIpc) is 2.41. The lowest BCUT2D eigenvalue weighted by Crippen LogP contribution is -2.08. The molecule has 0 aliphatic heterocycles. The lowest BCUT2D eigenvalue weighted by Gasteiger charge is -2.16. The predicted octanol–water partition coefficient (Wildman–Crippen LogP) is 4.43. The zero-order valence-electron chi connectivity index (χ0n) is 10.2. The molecule has 0 saturated carbocycles. The van der Waals surface area contributed by atoms with Crippen molar-refractivity contribution < 1.29 is 0 Å². The highest BCUT2D eigenvalue weighted by Crippen LogP contribution is 2.27. The second-order valence-corrected chi connectivity index (χ2v) is 4.87. The number of benzene rings is 1. The molecule has 1 atom stereocenters. The monoisotopic (exact) mass is 291 g/mol. The molecule has 3 nitrogen and oxygen atoms in total. The summed E-state index contributed by atoms with van der Waals surface area (Å²) in [4.78, 5) is 4.15. The van der Waals surface area contributed by atoms with Crippen LogP contribution in [0.5, 0.6) is 0 Å². The normalized spacial score (nSPS) is 11.7. The molecule has 2 rings (SSSR count). The Morgan fingerprint density at radius 1 is 1.32 bits per heavy atom. The first-order chi connectivity index (χ1) is 9.11. The number of pyridine rings is 1. The van der Waals surface area contributed by atoms with E-state index in [0.717, 1.165) is 5.56 Å². The third kappa shape index (κ3) is 3.17. The largest absolute Gasteiger partial charge is 0.362 e. The van der Waals surface area contributed by atoms with Crippen LogP contribution in [0, 0.1) is 11.3 Å². The highest BCUT2D eigenvalue weighted by molar-refractivity contribution is 6.34. The number of nitriles is 1. The van der Waals surface area contributed by atoms with E-state index in [9.17, 15) is 0 Å². The summed E-state index contributed by atoms with van der Waals surface area (Å²) in [6.45, 7) is 1.97. The lowest BCUT2D eigenvalue weighted by molar-refractivity contribution is 0.874. The Kier molecular flexibility index (Phi) is 4.26. The topological polar surface area (TPSA) is 48.7 Å². The van der Waals surface area contributed by atoms with E-state index in [0.29, 0.717) is 21.4 Å². The number of halogens is 2. The first kappa shape index (κ1) is 13.7. The molecule has 0 spiro atoms. The van der Waals surface area contributed by atoms with Crippen molar-refractivity contribution in [3.8, 4) is 6.07 Å². The number of nitrogens with one attached hydrogen (secondary N) is 1. The standard InChI is InChI=1S/C14H11Cl2N3/c1-9(10-3-2-4-12(15)7-10)19-14-13(16)11(8-17)5-6-18-14/h2-7,9H,1H3,(H,18,19). The van der Waals surface area contributed by atoms with Crippen LogP contribution in [0.4, 0.5) is 5.82 Å². The van der Waals surface area contributed by atoms with E-state index < -0.39 is 0 Å². The fourth-order valence-electron chi connectivity index (χ4n) is 1.70. The number of hydrogen-bond acceptors (Lipinski definition) is 3. The molecular formula is C14H11Cl2N3. The fourth-order valence-corrected chi connectivity index (χ4v) is 2.10. The lowest BCUT2D eigenvalue weighted by atomic mass is 10.1. The van der Waals surface area contributed by atoms with Crippen LogP contribution in [0.3, 0.4) is 0 Å². The third-order valence-corrected chi connectivity index (χ3v) is 3.33. The van der Waals surface area contributed by atoms with Crippen molar-refractivity contribution in [1.29, 1.82) is 5.26 Å². The minimum Gasteiger partial charge on any atom is -0.362 e. The van der Waals surface area contributed by atoms with Gasteiger partial charge in [-0.2, -0.15) is 5.26 Å². The molecule has 96 valence electrons. The van der Waals surface area contributed by atoms with Crippen molar-refractivity contribution in [3.05, 3.63) is 57.7 Å². The van der Waals surface area contributed by atoms with Gasteiger partial charge in [0.1, 0.15) is 16.9 Å². The molecule has 2 aromatic rings. The van der Waals surface area contributed by atoms with Crippen LogP contribution in [-0.4, -0.2) is 4.98 Å². The molecular weight excluding hydrogens is 281 g/mol. The summed E-state index contributed by atoms with van der Waals surface area (Å²) in [5, 5.41) is 13.1. The zero-order chi connectivity index (χ0) is 13.8. The Morgan fingerprint density at radius 3 is 2.79 bits per heavy atom. The SMILES string of the molecule is CC(Nc1nccc(C#N)c1Cl)c1cccc(Cl)c1. The summed E-state index contributed by atoms with van der Waals surface area (Å²) in [5.41, 5.74) is 1.42. The number of aromatic nitrogens is 1. The van der Waals surface area contributed by atoms with Gasteiger partial charge in [0, 0.05) is 11.2 Å². The Morgan fingerprint density at radius 2 is 2.11 bits per heavy atom. The zero-order valence-corrected chi connectivity index (χ0v) is 11.7. The first-order valence-corrected chi connectivity index (χ1v) is 6.44. The van der Waals surface area contributed by atoms with E-state index in [2.05, 4.69) is 10.3 Å². The van der Waals surface area contributed by atoms with Gasteiger partial charge >= 0.3 is 0 Å². The van der Waals surface area contributed by atoms with Crippen molar-refractivity contribution in [2.24, 2.45) is 0 Å². The third-order valence-electron chi connectivity index (χ3n) is 2.71. The number of hydrogen-bond donors (Lipinski definition) is 1. The molecule has 1 unspecified atom stereocenters. The Labute approximate surface area is 121 Å². The van der Waals surface area contributed by atoms with Crippen LogP contribution in [0.1, 0.15) is 24.1 Å². The molecule has 1 aromatic heterocycles. The van der Waals surface area contributed by atoms with Crippen molar-refractivity contribution in [3.63, 3.8) is 0 Å². The Bertz CT molecular complexity index is 635. The summed E-state index contributed by atoms with van der Waals surface area (Å²) in [6.07, 6.45) is 1.55. The van der Waals surface area contributed by atoms with Gasteiger partial charge < -0.3 is 5.32 Å². The second-order valence-electron chi connectivity index (χ2n) is 4.05. The van der Waals surface area contributed by atoms with Gasteiger partial charge in [0.2, 0.25) is 0 Å². The second kappa shape index (κ2) is 5.92. The molecule has 0 aliphatic rings. The maximum atomic E-state index is 8.92. The molecule has 0 saturated heterocycles. The minimum atomic E-state index is -0.0161. The minimum absolute atomic E-state index is 0.0161. The molecule has 0 fully saturated rings. The van der Waals surface area contributed by atoms with Crippen LogP contribution in [0.2, 0.25) is 10.0 Å². The molecule has 0 radical (unpaired) electrons. The van der Waals surface area contributed by atoms with Gasteiger partial charge in [0.15, 0.2) is 0 Å². The van der Waals surface area contributed by atoms with Gasteiger partial charge in [0.05, 0.1) is 11.6 Å². The van der Waals surface area contributed by atoms with Gasteiger partial charge in [-0.3, -0.25) is 0 Å². The molecule has 0 amide bonds. The maximum absolute atomic E-state index is 8.92. The first-order valence-electron chi connectivity index (χ1n) is 5.68. The molecule has 0 aliphatic carbocycles. The molecule has 19 heavy (non-hydrogen) atoms. The van der Waals surface area contributed by atoms with E-state index in [1.807, 2.05) is 37.3 Å². The fraction of sp³-hybridized carbons (Fsp3) is 0.143. The van der Waals surface area contributed by atoms with Crippen molar-refractivity contribution in [2.75, 3.05) is 5.32 Å². The van der Waals surface area contributed by atoms with Gasteiger partial charge in [-0.1, -0.05) is 35.3 Å². The van der Waals surface area contributed by atoms with E-state index >= 15 is 0 Å². The smallest absolute Gasteiger partial charge is 0.146 e. The predicted molar refractivity (Wildman–Crippen MR) is 77.5 cm³/mol. The van der Waals surface area contributed by atoms with E-state index in [1.54, 1.807) is 12.3 Å². The Balaban J connectivity index is 2.25. The van der Waals surface area contributed by atoms with Crippen LogP contribution >= 0.6 is 23.2 Å². The molecule has 1 heterocycles. The van der Waals surface area contributed by atoms with Crippen LogP contribution in [0.25, 0.3) is 0 Å². The van der Waals surface area contributed by atoms with E-state index in [1.165, 1.54) is 0 Å². The molecule has 1 aromatic carbocycles. The highest BCUT2D eigenvalue weighted by atomic mass is 35.5. The molecule has 5 heteroatoms. The van der Waals surface area contributed by atoms with Crippen molar-refractivity contribution in [2.45, 2.75) is 13.0 Å². The summed E-state index contributed by atoms with van der Waals surface area (Å²) in [5.74, 6) is 0.494. The van der Waals surface area contributed by atoms with Gasteiger partial charge in [0.25, 0.3) is 0 Å². The summed E-state index contributed by atoms with van der Waals surface area (Å²) in [6, 6.07) is 11.1. The van der Waals surface area contributed by atoms with Crippen LogP contribution in [-0.2, 0) is 0 Å². The molecule has 0 bridgehead atoms. The van der Waals surface area contributed by atoms with Gasteiger partial charge in [-0.05, 0) is 30.7 Å².